The summed E-state index contributed by atoms with van der Waals surface area (Å²) in [7, 11) is 0. The molecule has 0 saturated carbocycles. The molecule has 2 N–H and O–H groups in total. The Labute approximate surface area is 145 Å². The van der Waals surface area contributed by atoms with Gasteiger partial charge >= 0.3 is 0 Å². The molecular formula is C20H18FN3O. The zero-order valence-electron chi connectivity index (χ0n) is 13.6. The number of nitrogens with zero attached hydrogens (tertiary/aromatic N) is 1. The maximum Gasteiger partial charge on any atom is 0.257 e. The van der Waals surface area contributed by atoms with E-state index in [0.29, 0.717) is 24.1 Å². The van der Waals surface area contributed by atoms with E-state index in [0.717, 1.165) is 11.4 Å². The van der Waals surface area contributed by atoms with Gasteiger partial charge in [0, 0.05) is 24.6 Å². The Morgan fingerprint density at radius 2 is 1.72 bits per heavy atom. The van der Waals surface area contributed by atoms with Crippen LogP contribution in [0, 0.1) is 5.82 Å². The fraction of sp³-hybridized carbons (Fsp3) is 0.100. The van der Waals surface area contributed by atoms with Crippen molar-refractivity contribution in [1.82, 2.24) is 4.98 Å². The topological polar surface area (TPSA) is 54.0 Å². The summed E-state index contributed by atoms with van der Waals surface area (Å²) >= 11 is 0. The molecule has 0 aliphatic heterocycles. The molecule has 3 rings (SSSR count). The van der Waals surface area contributed by atoms with Crippen molar-refractivity contribution in [3.63, 3.8) is 0 Å². The number of hydrogen-bond acceptors (Lipinski definition) is 3. The molecule has 0 saturated heterocycles. The number of nitrogens with one attached hydrogen (secondary N) is 2. The minimum atomic E-state index is -0.226. The summed E-state index contributed by atoms with van der Waals surface area (Å²) in [6.07, 6.45) is 3.70. The maximum atomic E-state index is 13.6. The van der Waals surface area contributed by atoms with Gasteiger partial charge in [-0.15, -0.1) is 0 Å². The van der Waals surface area contributed by atoms with E-state index in [1.807, 2.05) is 36.4 Å². The average Bonchev–Trinajstić information content (AvgIpc) is 2.64. The quantitative estimate of drug-likeness (QED) is 0.712. The number of aromatic nitrogens is 1. The van der Waals surface area contributed by atoms with Crippen LogP contribution in [0.3, 0.4) is 0 Å². The second-order valence-corrected chi connectivity index (χ2v) is 5.55. The van der Waals surface area contributed by atoms with Gasteiger partial charge in [-0.2, -0.15) is 0 Å². The first kappa shape index (κ1) is 16.6. The van der Waals surface area contributed by atoms with Crippen LogP contribution < -0.4 is 10.6 Å². The summed E-state index contributed by atoms with van der Waals surface area (Å²) < 4.78 is 13.6. The first-order chi connectivity index (χ1) is 12.2. The zero-order chi connectivity index (χ0) is 17.5. The van der Waals surface area contributed by atoms with Gasteiger partial charge in [-0.25, -0.2) is 4.39 Å². The molecule has 0 aliphatic rings. The minimum absolute atomic E-state index is 0.210. The molecule has 0 atom stereocenters. The Bertz CT molecular complexity index is 852. The highest BCUT2D eigenvalue weighted by Crippen LogP contribution is 2.13. The van der Waals surface area contributed by atoms with Crippen LogP contribution in [0.4, 0.5) is 15.8 Å². The Kier molecular flexibility index (Phi) is 5.36. The fourth-order valence-corrected chi connectivity index (χ4v) is 2.43. The summed E-state index contributed by atoms with van der Waals surface area (Å²) in [5.41, 5.74) is 2.56. The van der Waals surface area contributed by atoms with Crippen molar-refractivity contribution >= 4 is 17.3 Å². The molecular weight excluding hydrogens is 317 g/mol. The van der Waals surface area contributed by atoms with E-state index in [2.05, 4.69) is 15.6 Å². The van der Waals surface area contributed by atoms with Crippen LogP contribution in [-0.4, -0.2) is 17.4 Å². The first-order valence-electron chi connectivity index (χ1n) is 8.01. The van der Waals surface area contributed by atoms with Crippen molar-refractivity contribution in [2.75, 3.05) is 17.2 Å². The lowest BCUT2D eigenvalue weighted by Crippen LogP contribution is -2.13. The number of carbonyl (C=O) groups is 1. The molecule has 0 bridgehead atoms. The molecule has 0 unspecified atom stereocenters. The first-order valence-corrected chi connectivity index (χ1v) is 8.01. The van der Waals surface area contributed by atoms with Crippen molar-refractivity contribution in [3.05, 3.63) is 90.0 Å². The van der Waals surface area contributed by atoms with E-state index < -0.39 is 0 Å². The van der Waals surface area contributed by atoms with Gasteiger partial charge in [0.1, 0.15) is 5.82 Å². The van der Waals surface area contributed by atoms with Gasteiger partial charge in [0.15, 0.2) is 0 Å². The molecule has 25 heavy (non-hydrogen) atoms. The zero-order valence-corrected chi connectivity index (χ0v) is 13.6. The smallest absolute Gasteiger partial charge is 0.257 e. The third-order valence-electron chi connectivity index (χ3n) is 3.71. The summed E-state index contributed by atoms with van der Waals surface area (Å²) in [5, 5.41) is 5.99. The summed E-state index contributed by atoms with van der Waals surface area (Å²) in [4.78, 5) is 16.4. The highest BCUT2D eigenvalue weighted by molar-refractivity contribution is 6.04. The number of hydrogen-bond donors (Lipinski definition) is 2. The molecule has 2 aromatic carbocycles. The second-order valence-electron chi connectivity index (χ2n) is 5.55. The fourth-order valence-electron chi connectivity index (χ4n) is 2.43. The van der Waals surface area contributed by atoms with Crippen molar-refractivity contribution in [2.24, 2.45) is 0 Å². The highest BCUT2D eigenvalue weighted by Gasteiger charge is 2.07. The molecule has 5 heteroatoms. The summed E-state index contributed by atoms with van der Waals surface area (Å²) in [5.74, 6) is -0.435. The van der Waals surface area contributed by atoms with Gasteiger partial charge < -0.3 is 10.6 Å². The second kappa shape index (κ2) is 8.06. The Morgan fingerprint density at radius 3 is 2.52 bits per heavy atom. The van der Waals surface area contributed by atoms with E-state index in [1.54, 1.807) is 24.4 Å². The lowest BCUT2D eigenvalue weighted by Gasteiger charge is -2.09. The van der Waals surface area contributed by atoms with Crippen LogP contribution in [0.2, 0.25) is 0 Å². The minimum Gasteiger partial charge on any atom is -0.383 e. The third kappa shape index (κ3) is 4.64. The molecule has 1 amide bonds. The van der Waals surface area contributed by atoms with Crippen molar-refractivity contribution in [1.29, 1.82) is 0 Å². The normalized spacial score (nSPS) is 10.3. The van der Waals surface area contributed by atoms with Crippen LogP contribution >= 0.6 is 0 Å². The van der Waals surface area contributed by atoms with Crippen molar-refractivity contribution in [3.8, 4) is 0 Å². The van der Waals surface area contributed by atoms with Gasteiger partial charge in [-0.05, 0) is 36.2 Å². The number of benzene rings is 2. The van der Waals surface area contributed by atoms with Crippen LogP contribution in [0.25, 0.3) is 0 Å². The van der Waals surface area contributed by atoms with Gasteiger partial charge in [-0.3, -0.25) is 9.78 Å². The third-order valence-corrected chi connectivity index (χ3v) is 3.71. The Morgan fingerprint density at radius 1 is 0.960 bits per heavy atom. The van der Waals surface area contributed by atoms with E-state index in [4.69, 9.17) is 0 Å². The van der Waals surface area contributed by atoms with Crippen LogP contribution in [0.15, 0.2) is 73.1 Å². The molecule has 0 spiro atoms. The largest absolute Gasteiger partial charge is 0.383 e. The molecule has 126 valence electrons. The molecule has 1 aromatic heterocycles. The SMILES string of the molecule is O=C(Nc1ccccc1)c1cncc(NCCc2ccccc2F)c1. The number of rotatable bonds is 6. The summed E-state index contributed by atoms with van der Waals surface area (Å²) in [6.45, 7) is 0.548. The Balaban J connectivity index is 1.59. The predicted octanol–water partition coefficient (Wildman–Crippen LogP) is 4.13. The number of halogens is 1. The molecule has 1 heterocycles. The number of para-hydroxylation sites is 1. The maximum absolute atomic E-state index is 13.6. The number of carbonyl (C=O) groups excluding carboxylic acids is 1. The monoisotopic (exact) mass is 335 g/mol. The van der Waals surface area contributed by atoms with Gasteiger partial charge in [0.2, 0.25) is 0 Å². The molecule has 3 aromatic rings. The van der Waals surface area contributed by atoms with Gasteiger partial charge in [-0.1, -0.05) is 36.4 Å². The molecule has 0 aliphatic carbocycles. The molecule has 0 radical (unpaired) electrons. The van der Waals surface area contributed by atoms with E-state index in [-0.39, 0.29) is 11.7 Å². The molecule has 4 nitrogen and oxygen atoms in total. The predicted molar refractivity (Wildman–Crippen MR) is 97.2 cm³/mol. The number of amides is 1. The van der Waals surface area contributed by atoms with Gasteiger partial charge in [0.25, 0.3) is 5.91 Å². The van der Waals surface area contributed by atoms with Crippen LogP contribution in [0.5, 0.6) is 0 Å². The molecule has 0 fully saturated rings. The van der Waals surface area contributed by atoms with E-state index in [9.17, 15) is 9.18 Å². The average molecular weight is 335 g/mol. The number of anilines is 2. The standard InChI is InChI=1S/C20H18FN3O/c21-19-9-5-4-6-15(19)10-11-23-18-12-16(13-22-14-18)20(25)24-17-7-2-1-3-8-17/h1-9,12-14,23H,10-11H2,(H,24,25). The van der Waals surface area contributed by atoms with Crippen LogP contribution in [0.1, 0.15) is 15.9 Å². The number of pyridine rings is 1. The van der Waals surface area contributed by atoms with Gasteiger partial charge in [0.05, 0.1) is 11.3 Å². The lowest BCUT2D eigenvalue weighted by atomic mass is 10.1. The lowest BCUT2D eigenvalue weighted by molar-refractivity contribution is 0.102. The van der Waals surface area contributed by atoms with E-state index >= 15 is 0 Å². The van der Waals surface area contributed by atoms with Crippen LogP contribution in [-0.2, 0) is 6.42 Å². The van der Waals surface area contributed by atoms with E-state index in [1.165, 1.54) is 12.3 Å². The Hall–Kier alpha value is -3.21. The highest BCUT2D eigenvalue weighted by atomic mass is 19.1. The summed E-state index contributed by atoms with van der Waals surface area (Å²) in [6, 6.07) is 17.7. The van der Waals surface area contributed by atoms with Crippen molar-refractivity contribution < 1.29 is 9.18 Å². The van der Waals surface area contributed by atoms with Crippen molar-refractivity contribution in [2.45, 2.75) is 6.42 Å².